The number of thiol groups is 2. The van der Waals surface area contributed by atoms with Crippen LogP contribution in [0.5, 0.6) is 0 Å². The van der Waals surface area contributed by atoms with Crippen LogP contribution in [0.15, 0.2) is 90.8 Å². The van der Waals surface area contributed by atoms with Crippen LogP contribution in [0.3, 0.4) is 0 Å². The molecule has 2 aromatic carbocycles. The SMILES string of the molecule is O=C(Nc1nccs1)C(S)(S)C(c1ccccc1)c1ccc2c(-c3ccc(F)cc3)ncn2c1. The van der Waals surface area contributed by atoms with E-state index in [1.807, 2.05) is 53.1 Å². The van der Waals surface area contributed by atoms with Gasteiger partial charge in [-0.1, -0.05) is 36.4 Å². The van der Waals surface area contributed by atoms with E-state index in [4.69, 9.17) is 25.3 Å². The number of aromatic nitrogens is 3. The monoisotopic (exact) mass is 506 g/mol. The fourth-order valence-electron chi connectivity index (χ4n) is 3.93. The van der Waals surface area contributed by atoms with Gasteiger partial charge < -0.3 is 4.40 Å². The zero-order valence-electron chi connectivity index (χ0n) is 17.7. The summed E-state index contributed by atoms with van der Waals surface area (Å²) in [7, 11) is 0. The number of carbonyl (C=O) groups excluding carboxylic acids is 1. The van der Waals surface area contributed by atoms with Crippen molar-refractivity contribution in [3.63, 3.8) is 0 Å². The Hall–Kier alpha value is -3.14. The molecular weight excluding hydrogens is 488 g/mol. The maximum atomic E-state index is 13.4. The molecule has 170 valence electrons. The van der Waals surface area contributed by atoms with E-state index in [1.54, 1.807) is 30.0 Å². The molecule has 5 aromatic rings. The second kappa shape index (κ2) is 9.25. The summed E-state index contributed by atoms with van der Waals surface area (Å²) in [5.41, 5.74) is 4.14. The number of halogens is 1. The van der Waals surface area contributed by atoms with E-state index in [9.17, 15) is 9.18 Å². The number of hydrogen-bond donors (Lipinski definition) is 3. The molecule has 0 bridgehead atoms. The second-order valence-corrected chi connectivity index (χ2v) is 10.4. The predicted octanol–water partition coefficient (Wildman–Crippen LogP) is 5.92. The molecule has 0 spiro atoms. The Morgan fingerprint density at radius 1 is 1.00 bits per heavy atom. The van der Waals surface area contributed by atoms with E-state index in [-0.39, 0.29) is 11.7 Å². The number of nitrogens with one attached hydrogen (secondary N) is 1. The van der Waals surface area contributed by atoms with Crippen LogP contribution in [-0.4, -0.2) is 24.4 Å². The number of rotatable bonds is 6. The summed E-state index contributed by atoms with van der Waals surface area (Å²) < 4.78 is 13.9. The van der Waals surface area contributed by atoms with Gasteiger partial charge in [0.15, 0.2) is 5.13 Å². The number of imidazole rings is 1. The zero-order valence-corrected chi connectivity index (χ0v) is 20.3. The van der Waals surface area contributed by atoms with Crippen molar-refractivity contribution in [2.24, 2.45) is 0 Å². The molecule has 1 unspecified atom stereocenters. The smallest absolute Gasteiger partial charge is 0.253 e. The molecule has 34 heavy (non-hydrogen) atoms. The van der Waals surface area contributed by atoms with Crippen LogP contribution in [0, 0.1) is 5.82 Å². The lowest BCUT2D eigenvalue weighted by Gasteiger charge is -2.32. The van der Waals surface area contributed by atoms with Gasteiger partial charge in [0.1, 0.15) is 9.90 Å². The van der Waals surface area contributed by atoms with E-state index in [0.29, 0.717) is 5.13 Å². The standard InChI is InChI=1S/C25H19FN4OS3/c26-19-9-6-17(7-10-19)22-20-11-8-18(14-30(20)15-28-22)21(16-4-2-1-3-5-16)25(32,33)23(31)29-24-27-12-13-34-24/h1-15,21,32-33H,(H,27,29,31). The third kappa shape index (κ3) is 4.34. The molecular formula is C25H19FN4OS3. The number of pyridine rings is 1. The van der Waals surface area contributed by atoms with Gasteiger partial charge in [0.2, 0.25) is 0 Å². The average Bonchev–Trinajstić information content (AvgIpc) is 3.50. The van der Waals surface area contributed by atoms with E-state index in [1.165, 1.54) is 23.5 Å². The number of thiazole rings is 1. The molecule has 0 saturated heterocycles. The van der Waals surface area contributed by atoms with Gasteiger partial charge in [0, 0.05) is 29.3 Å². The lowest BCUT2D eigenvalue weighted by Crippen LogP contribution is -2.39. The number of benzene rings is 2. The molecule has 0 saturated carbocycles. The number of hydrogen-bond acceptors (Lipinski definition) is 6. The lowest BCUT2D eigenvalue weighted by atomic mass is 9.88. The summed E-state index contributed by atoms with van der Waals surface area (Å²) in [5.74, 6) is -1.16. The van der Waals surface area contributed by atoms with Gasteiger partial charge in [0.25, 0.3) is 5.91 Å². The highest BCUT2D eigenvalue weighted by Crippen LogP contribution is 2.43. The Labute approximate surface area is 210 Å². The molecule has 9 heteroatoms. The Kier molecular flexibility index (Phi) is 6.16. The van der Waals surface area contributed by atoms with Crippen molar-refractivity contribution in [1.29, 1.82) is 0 Å². The molecule has 5 nitrogen and oxygen atoms in total. The molecule has 1 amide bonds. The van der Waals surface area contributed by atoms with Gasteiger partial charge in [-0.3, -0.25) is 10.1 Å². The maximum Gasteiger partial charge on any atom is 0.253 e. The molecule has 3 heterocycles. The fraction of sp³-hybridized carbons (Fsp3) is 0.0800. The summed E-state index contributed by atoms with van der Waals surface area (Å²) in [4.78, 5) is 21.9. The molecule has 0 aliphatic carbocycles. The van der Waals surface area contributed by atoms with Gasteiger partial charge >= 0.3 is 0 Å². The Morgan fingerprint density at radius 3 is 2.47 bits per heavy atom. The first kappa shape index (κ1) is 22.6. The summed E-state index contributed by atoms with van der Waals surface area (Å²) in [5, 5.41) is 5.09. The molecule has 0 aliphatic rings. The molecule has 1 atom stereocenters. The number of nitrogens with zero attached hydrogens (tertiary/aromatic N) is 3. The Morgan fingerprint density at radius 2 is 1.76 bits per heavy atom. The van der Waals surface area contributed by atoms with Gasteiger partial charge in [-0.25, -0.2) is 14.4 Å². The van der Waals surface area contributed by atoms with Gasteiger partial charge in [0.05, 0.1) is 17.5 Å². The topological polar surface area (TPSA) is 59.3 Å². The quantitative estimate of drug-likeness (QED) is 0.198. The van der Waals surface area contributed by atoms with Crippen molar-refractivity contribution in [2.75, 3.05) is 5.32 Å². The summed E-state index contributed by atoms with van der Waals surface area (Å²) in [6.45, 7) is 0. The third-order valence-corrected chi connectivity index (χ3v) is 7.14. The first-order valence-corrected chi connectivity index (χ1v) is 12.1. The van der Waals surface area contributed by atoms with Gasteiger partial charge in [-0.2, -0.15) is 25.3 Å². The van der Waals surface area contributed by atoms with Crippen molar-refractivity contribution >= 4 is 53.1 Å². The van der Waals surface area contributed by atoms with Crippen molar-refractivity contribution in [3.8, 4) is 11.3 Å². The number of anilines is 1. The van der Waals surface area contributed by atoms with Crippen LogP contribution in [0.2, 0.25) is 0 Å². The normalized spacial score (nSPS) is 12.6. The second-order valence-electron chi connectivity index (χ2n) is 7.72. The average molecular weight is 507 g/mol. The maximum absolute atomic E-state index is 13.4. The zero-order chi connectivity index (χ0) is 23.7. The van der Waals surface area contributed by atoms with E-state index < -0.39 is 10.00 Å². The predicted molar refractivity (Wildman–Crippen MR) is 140 cm³/mol. The van der Waals surface area contributed by atoms with Crippen molar-refractivity contribution in [3.05, 3.63) is 108 Å². The first-order valence-electron chi connectivity index (χ1n) is 10.4. The fourth-order valence-corrected chi connectivity index (χ4v) is 5.16. The minimum atomic E-state index is -1.39. The van der Waals surface area contributed by atoms with Crippen LogP contribution in [-0.2, 0) is 4.79 Å². The molecule has 0 fully saturated rings. The van der Waals surface area contributed by atoms with E-state index >= 15 is 0 Å². The molecule has 5 rings (SSSR count). The minimum absolute atomic E-state index is 0.296. The Balaban J connectivity index is 1.57. The minimum Gasteiger partial charge on any atom is -0.305 e. The van der Waals surface area contributed by atoms with E-state index in [0.717, 1.165) is 27.9 Å². The number of carbonyl (C=O) groups is 1. The van der Waals surface area contributed by atoms with Crippen molar-refractivity contribution in [1.82, 2.24) is 14.4 Å². The van der Waals surface area contributed by atoms with Crippen LogP contribution in [0.25, 0.3) is 16.8 Å². The van der Waals surface area contributed by atoms with E-state index in [2.05, 4.69) is 15.3 Å². The van der Waals surface area contributed by atoms with Crippen molar-refractivity contribution in [2.45, 2.75) is 10.00 Å². The highest BCUT2D eigenvalue weighted by atomic mass is 32.2. The molecule has 1 N–H and O–H groups in total. The molecule has 3 aromatic heterocycles. The number of amides is 1. The Bertz CT molecular complexity index is 1430. The third-order valence-electron chi connectivity index (χ3n) is 5.53. The highest BCUT2D eigenvalue weighted by molar-refractivity contribution is 8.02. The largest absolute Gasteiger partial charge is 0.305 e. The van der Waals surface area contributed by atoms with Gasteiger partial charge in [-0.15, -0.1) is 11.3 Å². The van der Waals surface area contributed by atoms with Crippen LogP contribution in [0.4, 0.5) is 9.52 Å². The van der Waals surface area contributed by atoms with Crippen LogP contribution < -0.4 is 5.32 Å². The summed E-state index contributed by atoms with van der Waals surface area (Å²) in [6, 6.07) is 19.8. The van der Waals surface area contributed by atoms with Gasteiger partial charge in [-0.05, 0) is 41.5 Å². The van der Waals surface area contributed by atoms with Crippen LogP contribution in [0.1, 0.15) is 17.0 Å². The van der Waals surface area contributed by atoms with Crippen molar-refractivity contribution < 1.29 is 9.18 Å². The summed E-state index contributed by atoms with van der Waals surface area (Å²) >= 11 is 10.8. The summed E-state index contributed by atoms with van der Waals surface area (Å²) in [6.07, 6.45) is 5.25. The van der Waals surface area contributed by atoms with Crippen LogP contribution >= 0.6 is 36.6 Å². The first-order chi connectivity index (χ1) is 16.4. The lowest BCUT2D eigenvalue weighted by molar-refractivity contribution is -0.116. The molecule has 0 radical (unpaired) electrons. The number of fused-ring (bicyclic) bond motifs is 1. The molecule has 0 aliphatic heterocycles. The highest BCUT2D eigenvalue weighted by Gasteiger charge is 2.42.